The molecule has 0 amide bonds. The van der Waals surface area contributed by atoms with E-state index >= 15 is 0 Å². The topological polar surface area (TPSA) is 16.4 Å². The third-order valence-corrected chi connectivity index (χ3v) is 9.04. The maximum atomic E-state index is 6.88. The molecule has 216 valence electrons. The van der Waals surface area contributed by atoms with Crippen molar-refractivity contribution in [1.82, 2.24) is 0 Å². The van der Waals surface area contributed by atoms with Crippen LogP contribution < -0.4 is 4.90 Å². The number of fused-ring (bicyclic) bond motifs is 7. The first-order valence-corrected chi connectivity index (χ1v) is 15.7. The van der Waals surface area contributed by atoms with E-state index in [0.29, 0.717) is 0 Å². The number of rotatable bonds is 5. The fourth-order valence-electron chi connectivity index (χ4n) is 6.83. The van der Waals surface area contributed by atoms with Crippen molar-refractivity contribution in [2.45, 2.75) is 0 Å². The molecule has 2 nitrogen and oxygen atoms in total. The number of furan rings is 1. The zero-order valence-electron chi connectivity index (χ0n) is 25.1. The van der Waals surface area contributed by atoms with Gasteiger partial charge in [0.1, 0.15) is 11.2 Å². The summed E-state index contributed by atoms with van der Waals surface area (Å²) in [5, 5.41) is 7.02. The minimum absolute atomic E-state index is 0.915. The Morgan fingerprint density at radius 1 is 0.348 bits per heavy atom. The Kier molecular flexibility index (Phi) is 6.17. The summed E-state index contributed by atoms with van der Waals surface area (Å²) in [6, 6.07) is 62.5. The predicted octanol–water partition coefficient (Wildman–Crippen LogP) is 12.7. The van der Waals surface area contributed by atoms with Crippen molar-refractivity contribution in [3.8, 4) is 22.3 Å². The van der Waals surface area contributed by atoms with Gasteiger partial charge in [0.15, 0.2) is 0 Å². The second kappa shape index (κ2) is 10.8. The minimum atomic E-state index is 0.915. The fourth-order valence-corrected chi connectivity index (χ4v) is 6.83. The van der Waals surface area contributed by atoms with Gasteiger partial charge in [-0.2, -0.15) is 0 Å². The summed E-state index contributed by atoms with van der Waals surface area (Å²) in [6.07, 6.45) is 0. The van der Waals surface area contributed by atoms with Crippen molar-refractivity contribution in [3.05, 3.63) is 176 Å². The lowest BCUT2D eigenvalue weighted by Crippen LogP contribution is -2.09. The summed E-state index contributed by atoms with van der Waals surface area (Å²) in [7, 11) is 0. The summed E-state index contributed by atoms with van der Waals surface area (Å²) in [6.45, 7) is 0. The molecule has 46 heavy (non-hydrogen) atoms. The molecule has 9 rings (SSSR count). The van der Waals surface area contributed by atoms with E-state index < -0.39 is 0 Å². The first-order valence-electron chi connectivity index (χ1n) is 15.7. The lowest BCUT2D eigenvalue weighted by Gasteiger charge is -2.25. The molecule has 0 saturated carbocycles. The zero-order chi connectivity index (χ0) is 30.5. The van der Waals surface area contributed by atoms with Gasteiger partial charge in [-0.3, -0.25) is 0 Å². The van der Waals surface area contributed by atoms with Crippen molar-refractivity contribution in [1.29, 1.82) is 0 Å². The van der Waals surface area contributed by atoms with Gasteiger partial charge in [-0.1, -0.05) is 127 Å². The maximum Gasteiger partial charge on any atom is 0.143 e. The van der Waals surface area contributed by atoms with E-state index in [2.05, 4.69) is 181 Å². The molecule has 0 radical (unpaired) electrons. The minimum Gasteiger partial charge on any atom is -0.455 e. The van der Waals surface area contributed by atoms with E-state index in [9.17, 15) is 0 Å². The van der Waals surface area contributed by atoms with Crippen LogP contribution in [0.15, 0.2) is 180 Å². The molecule has 0 N–H and O–H groups in total. The largest absolute Gasteiger partial charge is 0.455 e. The highest BCUT2D eigenvalue weighted by atomic mass is 16.3. The van der Waals surface area contributed by atoms with Crippen LogP contribution in [-0.2, 0) is 0 Å². The molecule has 0 saturated heterocycles. The molecule has 8 aromatic carbocycles. The predicted molar refractivity (Wildman–Crippen MR) is 194 cm³/mol. The highest BCUT2D eigenvalue weighted by Crippen LogP contribution is 2.42. The Labute approximate surface area is 267 Å². The summed E-state index contributed by atoms with van der Waals surface area (Å²) in [4.78, 5) is 2.28. The lowest BCUT2D eigenvalue weighted by molar-refractivity contribution is 0.674. The number of nitrogens with zero attached hydrogens (tertiary/aromatic N) is 1. The Hall–Kier alpha value is -6.12. The first-order chi connectivity index (χ1) is 22.8. The summed E-state index contributed by atoms with van der Waals surface area (Å²) >= 11 is 0. The lowest BCUT2D eigenvalue weighted by atomic mass is 9.96. The maximum absolute atomic E-state index is 6.88. The third-order valence-electron chi connectivity index (χ3n) is 9.04. The normalized spacial score (nSPS) is 11.5. The van der Waals surface area contributed by atoms with E-state index in [1.54, 1.807) is 0 Å². The van der Waals surface area contributed by atoms with Gasteiger partial charge in [0.2, 0.25) is 0 Å². The van der Waals surface area contributed by atoms with Crippen LogP contribution in [0.1, 0.15) is 0 Å². The van der Waals surface area contributed by atoms with Crippen LogP contribution in [0.2, 0.25) is 0 Å². The molecule has 2 heteroatoms. The summed E-state index contributed by atoms with van der Waals surface area (Å²) in [5.74, 6) is 0. The average molecular weight is 588 g/mol. The van der Waals surface area contributed by atoms with Crippen molar-refractivity contribution in [3.63, 3.8) is 0 Å². The van der Waals surface area contributed by atoms with Crippen LogP contribution in [-0.4, -0.2) is 0 Å². The van der Waals surface area contributed by atoms with Crippen molar-refractivity contribution in [2.75, 3.05) is 4.90 Å². The highest BCUT2D eigenvalue weighted by molar-refractivity contribution is 6.24. The van der Waals surface area contributed by atoms with Gasteiger partial charge in [-0.05, 0) is 81.4 Å². The van der Waals surface area contributed by atoms with Crippen LogP contribution in [0, 0.1) is 0 Å². The Bertz CT molecular complexity index is 2460. The van der Waals surface area contributed by atoms with Crippen LogP contribution in [0.5, 0.6) is 0 Å². The highest BCUT2D eigenvalue weighted by Gasteiger charge is 2.17. The van der Waals surface area contributed by atoms with Crippen LogP contribution in [0.4, 0.5) is 17.1 Å². The average Bonchev–Trinajstić information content (AvgIpc) is 3.52. The van der Waals surface area contributed by atoms with Crippen LogP contribution in [0.25, 0.3) is 65.7 Å². The second-order valence-electron chi connectivity index (χ2n) is 11.7. The van der Waals surface area contributed by atoms with Gasteiger partial charge in [0.05, 0.1) is 0 Å². The molecule has 0 atom stereocenters. The molecule has 0 aliphatic heterocycles. The van der Waals surface area contributed by atoms with Crippen LogP contribution >= 0.6 is 0 Å². The van der Waals surface area contributed by atoms with Gasteiger partial charge in [-0.15, -0.1) is 0 Å². The molecule has 0 aliphatic rings. The van der Waals surface area contributed by atoms with Crippen LogP contribution in [0.3, 0.4) is 0 Å². The first kappa shape index (κ1) is 26.3. The number of hydrogen-bond acceptors (Lipinski definition) is 2. The van der Waals surface area contributed by atoms with E-state index in [1.165, 1.54) is 27.3 Å². The summed E-state index contributed by atoms with van der Waals surface area (Å²) in [5.41, 5.74) is 9.84. The van der Waals surface area contributed by atoms with E-state index in [0.717, 1.165) is 55.5 Å². The molecule has 0 aliphatic carbocycles. The number of para-hydroxylation sites is 3. The molecule has 0 spiro atoms. The monoisotopic (exact) mass is 587 g/mol. The molecular weight excluding hydrogens is 558 g/mol. The number of anilines is 3. The summed E-state index contributed by atoms with van der Waals surface area (Å²) < 4.78 is 6.88. The van der Waals surface area contributed by atoms with E-state index in [1.807, 2.05) is 0 Å². The standard InChI is InChI=1S/C44H29NO/c1-4-11-30(12-5-1)33-24-27-38-34(29-33)20-19-32-23-28-41-40-18-10-17-39(43(40)46-44(41)42(32)38)31-21-25-37(26-22-31)45(35-13-6-2-7-14-35)36-15-8-3-9-16-36/h1-29H. The van der Waals surface area contributed by atoms with Gasteiger partial charge in [-0.25, -0.2) is 0 Å². The van der Waals surface area contributed by atoms with Gasteiger partial charge < -0.3 is 9.32 Å². The molecule has 1 heterocycles. The zero-order valence-corrected chi connectivity index (χ0v) is 25.1. The fraction of sp³-hybridized carbons (Fsp3) is 0. The molecule has 1 aromatic heterocycles. The van der Waals surface area contributed by atoms with Gasteiger partial charge >= 0.3 is 0 Å². The third kappa shape index (κ3) is 4.35. The van der Waals surface area contributed by atoms with Gasteiger partial charge in [0.25, 0.3) is 0 Å². The molecule has 0 fully saturated rings. The Morgan fingerprint density at radius 2 is 0.913 bits per heavy atom. The van der Waals surface area contributed by atoms with E-state index in [-0.39, 0.29) is 0 Å². The SMILES string of the molecule is c1ccc(-c2ccc3c(ccc4ccc5c6cccc(-c7ccc(N(c8ccccc8)c8ccccc8)cc7)c6oc5c43)c2)cc1. The van der Waals surface area contributed by atoms with Crippen molar-refractivity contribution >= 4 is 60.5 Å². The molecule has 0 bridgehead atoms. The Morgan fingerprint density at radius 3 is 1.63 bits per heavy atom. The molecule has 9 aromatic rings. The molecule has 0 unspecified atom stereocenters. The second-order valence-corrected chi connectivity index (χ2v) is 11.7. The number of benzene rings is 8. The quantitative estimate of drug-likeness (QED) is 0.186. The molecular formula is C44H29NO. The van der Waals surface area contributed by atoms with Crippen molar-refractivity contribution < 1.29 is 4.42 Å². The Balaban J connectivity index is 1.18. The van der Waals surface area contributed by atoms with Crippen molar-refractivity contribution in [2.24, 2.45) is 0 Å². The number of hydrogen-bond donors (Lipinski definition) is 0. The van der Waals surface area contributed by atoms with E-state index in [4.69, 9.17) is 4.42 Å². The smallest absolute Gasteiger partial charge is 0.143 e. The van der Waals surface area contributed by atoms with Gasteiger partial charge in [0, 0.05) is 38.8 Å².